The summed E-state index contributed by atoms with van der Waals surface area (Å²) in [5, 5.41) is 12.6. The second kappa shape index (κ2) is 8.66. The number of methoxy groups -OCH3 is 2. The van der Waals surface area contributed by atoms with Crippen molar-refractivity contribution in [2.45, 2.75) is 17.7 Å². The lowest BCUT2D eigenvalue weighted by Gasteiger charge is -2.47. The van der Waals surface area contributed by atoms with Crippen molar-refractivity contribution in [1.29, 1.82) is 0 Å². The molecule has 164 valence electrons. The van der Waals surface area contributed by atoms with Gasteiger partial charge in [0.25, 0.3) is 0 Å². The van der Waals surface area contributed by atoms with Crippen LogP contribution in [0.4, 0.5) is 4.79 Å². The van der Waals surface area contributed by atoms with Crippen LogP contribution in [0.25, 0.3) is 11.1 Å². The standard InChI is InChI=1S/C23H26N2O6/c1-29-20(30-2)11-24-23(21(26)27)13-25(14-23)22(28)31-12-19-17-9-5-3-7-15(17)16-8-4-6-10-18(16)19/h3-10,19-20,24H,11-14H2,1-2H3,(H,26,27). The van der Waals surface area contributed by atoms with Gasteiger partial charge in [-0.05, 0) is 22.3 Å². The molecule has 0 bridgehead atoms. The summed E-state index contributed by atoms with van der Waals surface area (Å²) in [7, 11) is 2.96. The topological polar surface area (TPSA) is 97.3 Å². The molecule has 1 saturated heterocycles. The number of hydrogen-bond acceptors (Lipinski definition) is 6. The predicted octanol–water partition coefficient (Wildman–Crippen LogP) is 2.28. The molecular formula is C23H26N2O6. The Morgan fingerprint density at radius 3 is 2.13 bits per heavy atom. The number of hydrogen-bond donors (Lipinski definition) is 2. The number of nitrogens with one attached hydrogen (secondary N) is 1. The van der Waals surface area contributed by atoms with E-state index < -0.39 is 23.9 Å². The van der Waals surface area contributed by atoms with Crippen LogP contribution in [0.5, 0.6) is 0 Å². The molecule has 0 unspecified atom stereocenters. The van der Waals surface area contributed by atoms with Crippen LogP contribution >= 0.6 is 0 Å². The van der Waals surface area contributed by atoms with Gasteiger partial charge in [-0.25, -0.2) is 4.79 Å². The molecule has 0 spiro atoms. The SMILES string of the molecule is COC(CNC1(C(=O)O)CN(C(=O)OCC2c3ccccc3-c3ccccc32)C1)OC. The molecule has 0 atom stereocenters. The number of likely N-dealkylation sites (tertiary alicyclic amines) is 1. The average molecular weight is 426 g/mol. The zero-order valence-electron chi connectivity index (χ0n) is 17.5. The summed E-state index contributed by atoms with van der Waals surface area (Å²) in [6.45, 7) is 0.419. The molecule has 4 rings (SSSR count). The molecule has 31 heavy (non-hydrogen) atoms. The lowest BCUT2D eigenvalue weighted by atomic mass is 9.90. The van der Waals surface area contributed by atoms with Crippen molar-refractivity contribution in [1.82, 2.24) is 10.2 Å². The lowest BCUT2D eigenvalue weighted by Crippen LogP contribution is -2.74. The van der Waals surface area contributed by atoms with E-state index in [1.165, 1.54) is 19.1 Å². The number of carbonyl (C=O) groups is 2. The summed E-state index contributed by atoms with van der Waals surface area (Å²) < 4.78 is 15.8. The average Bonchev–Trinajstić information content (AvgIpc) is 3.07. The number of aliphatic carboxylic acids is 1. The molecule has 2 aromatic carbocycles. The fraction of sp³-hybridized carbons (Fsp3) is 0.391. The molecule has 2 aromatic rings. The van der Waals surface area contributed by atoms with Crippen LogP contribution in [0.2, 0.25) is 0 Å². The van der Waals surface area contributed by atoms with Crippen LogP contribution in [0, 0.1) is 0 Å². The number of nitrogens with zero attached hydrogens (tertiary/aromatic N) is 1. The molecule has 1 amide bonds. The maximum atomic E-state index is 12.6. The normalized spacial score (nSPS) is 16.5. The van der Waals surface area contributed by atoms with E-state index in [4.69, 9.17) is 14.2 Å². The predicted molar refractivity (Wildman–Crippen MR) is 113 cm³/mol. The Labute approximate surface area is 180 Å². The number of carboxylic acids is 1. The Hall–Kier alpha value is -2.94. The van der Waals surface area contributed by atoms with Gasteiger partial charge >= 0.3 is 12.1 Å². The Kier molecular flexibility index (Phi) is 5.95. The molecule has 1 aliphatic carbocycles. The van der Waals surface area contributed by atoms with Gasteiger partial charge in [0.15, 0.2) is 11.8 Å². The van der Waals surface area contributed by atoms with Crippen LogP contribution in [-0.4, -0.2) is 74.4 Å². The Morgan fingerprint density at radius 2 is 1.61 bits per heavy atom. The zero-order chi connectivity index (χ0) is 22.0. The maximum absolute atomic E-state index is 12.6. The van der Waals surface area contributed by atoms with Gasteiger partial charge in [-0.15, -0.1) is 0 Å². The minimum absolute atomic E-state index is 0.0131. The smallest absolute Gasteiger partial charge is 0.409 e. The number of carbonyl (C=O) groups excluding carboxylic acids is 1. The number of benzene rings is 2. The second-order valence-corrected chi connectivity index (χ2v) is 7.83. The highest BCUT2D eigenvalue weighted by atomic mass is 16.7. The summed E-state index contributed by atoms with van der Waals surface area (Å²) in [6, 6.07) is 16.2. The van der Waals surface area contributed by atoms with Crippen molar-refractivity contribution in [2.24, 2.45) is 0 Å². The van der Waals surface area contributed by atoms with Crippen molar-refractivity contribution in [3.8, 4) is 11.1 Å². The number of rotatable bonds is 8. The third-order valence-corrected chi connectivity index (χ3v) is 6.06. The fourth-order valence-corrected chi connectivity index (χ4v) is 4.28. The fourth-order valence-electron chi connectivity index (χ4n) is 4.28. The number of fused-ring (bicyclic) bond motifs is 3. The van der Waals surface area contributed by atoms with Crippen molar-refractivity contribution in [3.63, 3.8) is 0 Å². The third-order valence-electron chi connectivity index (χ3n) is 6.06. The molecule has 1 aliphatic heterocycles. The van der Waals surface area contributed by atoms with Gasteiger partial charge in [0.05, 0.1) is 13.1 Å². The Bertz CT molecular complexity index is 923. The molecule has 0 saturated carbocycles. The Morgan fingerprint density at radius 1 is 1.06 bits per heavy atom. The first-order chi connectivity index (χ1) is 15.0. The quantitative estimate of drug-likeness (QED) is 0.625. The minimum Gasteiger partial charge on any atom is -0.480 e. The number of carboxylic acid groups (broad SMARTS) is 1. The van der Waals surface area contributed by atoms with Gasteiger partial charge in [-0.2, -0.15) is 0 Å². The van der Waals surface area contributed by atoms with Crippen molar-refractivity contribution < 1.29 is 28.9 Å². The highest BCUT2D eigenvalue weighted by Crippen LogP contribution is 2.44. The van der Waals surface area contributed by atoms with Crippen LogP contribution in [0.15, 0.2) is 48.5 Å². The molecule has 0 aromatic heterocycles. The summed E-state index contributed by atoms with van der Waals surface area (Å²) in [5.41, 5.74) is 3.34. The van der Waals surface area contributed by atoms with Crippen molar-refractivity contribution in [2.75, 3.05) is 40.5 Å². The van der Waals surface area contributed by atoms with Crippen molar-refractivity contribution in [3.05, 3.63) is 59.7 Å². The third kappa shape index (κ3) is 3.89. The highest BCUT2D eigenvalue weighted by molar-refractivity contribution is 5.84. The first kappa shape index (κ1) is 21.3. The maximum Gasteiger partial charge on any atom is 0.409 e. The minimum atomic E-state index is -1.24. The van der Waals surface area contributed by atoms with Gasteiger partial charge in [0.2, 0.25) is 0 Å². The van der Waals surface area contributed by atoms with E-state index >= 15 is 0 Å². The molecule has 0 radical (unpaired) electrons. The largest absolute Gasteiger partial charge is 0.480 e. The monoisotopic (exact) mass is 426 g/mol. The Balaban J connectivity index is 1.38. The first-order valence-corrected chi connectivity index (χ1v) is 10.1. The van der Waals surface area contributed by atoms with Crippen LogP contribution in [0.1, 0.15) is 17.0 Å². The highest BCUT2D eigenvalue weighted by Gasteiger charge is 2.52. The van der Waals surface area contributed by atoms with E-state index in [0.717, 1.165) is 22.3 Å². The van der Waals surface area contributed by atoms with Crippen molar-refractivity contribution >= 4 is 12.1 Å². The van der Waals surface area contributed by atoms with Crippen LogP contribution in [-0.2, 0) is 19.0 Å². The zero-order valence-corrected chi connectivity index (χ0v) is 17.5. The first-order valence-electron chi connectivity index (χ1n) is 10.1. The van der Waals surface area contributed by atoms with E-state index in [1.807, 2.05) is 24.3 Å². The van der Waals surface area contributed by atoms with Gasteiger partial charge < -0.3 is 24.2 Å². The lowest BCUT2D eigenvalue weighted by molar-refractivity contribution is -0.154. The van der Waals surface area contributed by atoms with Gasteiger partial charge in [0, 0.05) is 26.7 Å². The summed E-state index contributed by atoms with van der Waals surface area (Å²) in [6.07, 6.45) is -1.09. The van der Waals surface area contributed by atoms with E-state index in [9.17, 15) is 14.7 Å². The molecule has 2 N–H and O–H groups in total. The molecular weight excluding hydrogens is 400 g/mol. The molecule has 8 heteroatoms. The van der Waals surface area contributed by atoms with E-state index in [1.54, 1.807) is 0 Å². The van der Waals surface area contributed by atoms with E-state index in [-0.39, 0.29) is 32.2 Å². The molecule has 1 heterocycles. The number of amides is 1. The summed E-state index contributed by atoms with van der Waals surface area (Å²) in [4.78, 5) is 25.8. The van der Waals surface area contributed by atoms with E-state index in [2.05, 4.69) is 29.6 Å². The number of ether oxygens (including phenoxy) is 3. The van der Waals surface area contributed by atoms with Gasteiger partial charge in [-0.3, -0.25) is 10.1 Å². The van der Waals surface area contributed by atoms with Gasteiger partial charge in [-0.1, -0.05) is 48.5 Å². The van der Waals surface area contributed by atoms with Gasteiger partial charge in [0.1, 0.15) is 6.61 Å². The summed E-state index contributed by atoms with van der Waals surface area (Å²) in [5.74, 6) is -1.06. The molecule has 1 fully saturated rings. The summed E-state index contributed by atoms with van der Waals surface area (Å²) >= 11 is 0. The second-order valence-electron chi connectivity index (χ2n) is 7.83. The van der Waals surface area contributed by atoms with Crippen LogP contribution in [0.3, 0.4) is 0 Å². The molecule has 8 nitrogen and oxygen atoms in total. The van der Waals surface area contributed by atoms with Crippen LogP contribution < -0.4 is 5.32 Å². The van der Waals surface area contributed by atoms with E-state index in [0.29, 0.717) is 0 Å². The molecule has 2 aliphatic rings.